The highest BCUT2D eigenvalue weighted by Crippen LogP contribution is 2.19. The smallest absolute Gasteiger partial charge is 0.146 e. The van der Waals surface area contributed by atoms with Crippen LogP contribution in [0, 0.1) is 5.82 Å². The van der Waals surface area contributed by atoms with Gasteiger partial charge in [0.05, 0.1) is 5.69 Å². The standard InChI is InChI=1S/C10H13FN2/c1-2-3-9(12)7-4-5-8(11)10(13)6-7/h2,4-6,9H,1,3,12-13H2. The van der Waals surface area contributed by atoms with E-state index in [1.54, 1.807) is 18.2 Å². The molecule has 0 saturated heterocycles. The van der Waals surface area contributed by atoms with Crippen LogP contribution in [-0.4, -0.2) is 0 Å². The molecule has 2 nitrogen and oxygen atoms in total. The van der Waals surface area contributed by atoms with Crippen molar-refractivity contribution in [3.63, 3.8) is 0 Å². The molecule has 1 atom stereocenters. The average molecular weight is 180 g/mol. The van der Waals surface area contributed by atoms with E-state index in [1.807, 2.05) is 0 Å². The third-order valence-electron chi connectivity index (χ3n) is 1.87. The van der Waals surface area contributed by atoms with Gasteiger partial charge in [-0.3, -0.25) is 0 Å². The lowest BCUT2D eigenvalue weighted by Crippen LogP contribution is -2.09. The predicted molar refractivity (Wildman–Crippen MR) is 52.6 cm³/mol. The molecule has 0 aliphatic rings. The average Bonchev–Trinajstić information content (AvgIpc) is 2.10. The normalized spacial score (nSPS) is 12.5. The number of halogens is 1. The van der Waals surface area contributed by atoms with Crippen molar-refractivity contribution in [1.82, 2.24) is 0 Å². The van der Waals surface area contributed by atoms with Gasteiger partial charge in [-0.25, -0.2) is 4.39 Å². The molecule has 0 saturated carbocycles. The van der Waals surface area contributed by atoms with Gasteiger partial charge >= 0.3 is 0 Å². The number of hydrogen-bond donors (Lipinski definition) is 2. The van der Waals surface area contributed by atoms with E-state index in [9.17, 15) is 4.39 Å². The first-order valence-corrected chi connectivity index (χ1v) is 4.06. The number of anilines is 1. The van der Waals surface area contributed by atoms with Crippen molar-refractivity contribution in [2.75, 3.05) is 5.73 Å². The second-order valence-electron chi connectivity index (χ2n) is 2.91. The number of rotatable bonds is 3. The van der Waals surface area contributed by atoms with E-state index in [0.717, 1.165) is 5.56 Å². The molecule has 70 valence electrons. The maximum Gasteiger partial charge on any atom is 0.146 e. The third kappa shape index (κ3) is 2.29. The third-order valence-corrected chi connectivity index (χ3v) is 1.87. The minimum absolute atomic E-state index is 0.136. The zero-order valence-electron chi connectivity index (χ0n) is 7.33. The highest BCUT2D eigenvalue weighted by Gasteiger charge is 2.05. The molecule has 0 spiro atoms. The summed E-state index contributed by atoms with van der Waals surface area (Å²) in [5.41, 5.74) is 12.1. The first-order chi connectivity index (χ1) is 6.15. The minimum atomic E-state index is -0.408. The maximum absolute atomic E-state index is 12.8. The Labute approximate surface area is 77.0 Å². The zero-order chi connectivity index (χ0) is 9.84. The van der Waals surface area contributed by atoms with Crippen molar-refractivity contribution in [2.24, 2.45) is 5.73 Å². The molecule has 4 N–H and O–H groups in total. The largest absolute Gasteiger partial charge is 0.396 e. The fraction of sp³-hybridized carbons (Fsp3) is 0.200. The predicted octanol–water partition coefficient (Wildman–Crippen LogP) is 1.98. The van der Waals surface area contributed by atoms with Crippen LogP contribution in [0.2, 0.25) is 0 Å². The Bertz CT molecular complexity index is 310. The van der Waals surface area contributed by atoms with Gasteiger partial charge in [-0.05, 0) is 24.1 Å². The van der Waals surface area contributed by atoms with Gasteiger partial charge in [0.1, 0.15) is 5.82 Å². The highest BCUT2D eigenvalue weighted by atomic mass is 19.1. The molecule has 1 rings (SSSR count). The molecule has 0 aliphatic carbocycles. The van der Waals surface area contributed by atoms with Gasteiger partial charge in [-0.15, -0.1) is 6.58 Å². The molecule has 1 aromatic rings. The molecule has 0 heterocycles. The molecule has 0 fully saturated rings. The minimum Gasteiger partial charge on any atom is -0.396 e. The monoisotopic (exact) mass is 180 g/mol. The number of nitrogen functional groups attached to an aromatic ring is 1. The topological polar surface area (TPSA) is 52.0 Å². The van der Waals surface area contributed by atoms with Crippen molar-refractivity contribution in [2.45, 2.75) is 12.5 Å². The lowest BCUT2D eigenvalue weighted by atomic mass is 10.0. The van der Waals surface area contributed by atoms with E-state index in [-0.39, 0.29) is 11.7 Å². The number of hydrogen-bond acceptors (Lipinski definition) is 2. The Kier molecular flexibility index (Phi) is 3.03. The van der Waals surface area contributed by atoms with Gasteiger partial charge in [0.25, 0.3) is 0 Å². The van der Waals surface area contributed by atoms with Crippen LogP contribution in [0.4, 0.5) is 10.1 Å². The summed E-state index contributed by atoms with van der Waals surface area (Å²) in [5, 5.41) is 0. The molecule has 0 amide bonds. The molecule has 0 aromatic heterocycles. The first kappa shape index (κ1) is 9.74. The SMILES string of the molecule is C=CCC(N)c1ccc(F)c(N)c1. The summed E-state index contributed by atoms with van der Waals surface area (Å²) in [6.07, 6.45) is 2.38. The quantitative estimate of drug-likeness (QED) is 0.552. The van der Waals surface area contributed by atoms with Gasteiger partial charge in [-0.2, -0.15) is 0 Å². The van der Waals surface area contributed by atoms with Crippen molar-refractivity contribution in [3.05, 3.63) is 42.2 Å². The summed E-state index contributed by atoms with van der Waals surface area (Å²) in [7, 11) is 0. The summed E-state index contributed by atoms with van der Waals surface area (Å²) in [6.45, 7) is 3.58. The van der Waals surface area contributed by atoms with Crippen LogP contribution < -0.4 is 11.5 Å². The van der Waals surface area contributed by atoms with Crippen molar-refractivity contribution < 1.29 is 4.39 Å². The summed E-state index contributed by atoms with van der Waals surface area (Å²) in [5.74, 6) is -0.408. The molecule has 1 aromatic carbocycles. The van der Waals surface area contributed by atoms with E-state index in [0.29, 0.717) is 6.42 Å². The van der Waals surface area contributed by atoms with Crippen LogP contribution in [0.15, 0.2) is 30.9 Å². The zero-order valence-corrected chi connectivity index (χ0v) is 7.33. The van der Waals surface area contributed by atoms with Gasteiger partial charge in [0.2, 0.25) is 0 Å². The van der Waals surface area contributed by atoms with E-state index in [1.165, 1.54) is 6.07 Å². The number of nitrogens with two attached hydrogens (primary N) is 2. The molecule has 0 bridgehead atoms. The van der Waals surface area contributed by atoms with E-state index >= 15 is 0 Å². The van der Waals surface area contributed by atoms with Gasteiger partial charge in [0, 0.05) is 6.04 Å². The Morgan fingerprint density at radius 3 is 2.77 bits per heavy atom. The molecule has 1 unspecified atom stereocenters. The van der Waals surface area contributed by atoms with Crippen LogP contribution in [-0.2, 0) is 0 Å². The molecule has 13 heavy (non-hydrogen) atoms. The Morgan fingerprint density at radius 2 is 2.23 bits per heavy atom. The van der Waals surface area contributed by atoms with Gasteiger partial charge in [0.15, 0.2) is 0 Å². The molecule has 0 aliphatic heterocycles. The lowest BCUT2D eigenvalue weighted by molar-refractivity contribution is 0.629. The van der Waals surface area contributed by atoms with Gasteiger partial charge < -0.3 is 11.5 Å². The summed E-state index contributed by atoms with van der Waals surface area (Å²) in [4.78, 5) is 0. The van der Waals surface area contributed by atoms with Crippen molar-refractivity contribution >= 4 is 5.69 Å². The summed E-state index contributed by atoms with van der Waals surface area (Å²) in [6, 6.07) is 4.37. The first-order valence-electron chi connectivity index (χ1n) is 4.06. The maximum atomic E-state index is 12.8. The van der Waals surface area contributed by atoms with Gasteiger partial charge in [-0.1, -0.05) is 12.1 Å². The van der Waals surface area contributed by atoms with Crippen LogP contribution in [0.1, 0.15) is 18.0 Å². The highest BCUT2D eigenvalue weighted by molar-refractivity contribution is 5.43. The summed E-state index contributed by atoms with van der Waals surface area (Å²) >= 11 is 0. The second-order valence-corrected chi connectivity index (χ2v) is 2.91. The molecular formula is C10H13FN2. The van der Waals surface area contributed by atoms with Crippen molar-refractivity contribution in [1.29, 1.82) is 0 Å². The lowest BCUT2D eigenvalue weighted by Gasteiger charge is -2.09. The molecule has 3 heteroatoms. The van der Waals surface area contributed by atoms with Crippen molar-refractivity contribution in [3.8, 4) is 0 Å². The van der Waals surface area contributed by atoms with Crippen LogP contribution >= 0.6 is 0 Å². The van der Waals surface area contributed by atoms with Crippen LogP contribution in [0.3, 0.4) is 0 Å². The van der Waals surface area contributed by atoms with E-state index in [4.69, 9.17) is 11.5 Å². The number of benzene rings is 1. The fourth-order valence-corrected chi connectivity index (χ4v) is 1.11. The Hall–Kier alpha value is -1.35. The molecular weight excluding hydrogens is 167 g/mol. The van der Waals surface area contributed by atoms with E-state index < -0.39 is 5.82 Å². The Morgan fingerprint density at radius 1 is 1.54 bits per heavy atom. The second kappa shape index (κ2) is 4.05. The van der Waals surface area contributed by atoms with E-state index in [2.05, 4.69) is 6.58 Å². The molecule has 0 radical (unpaired) electrons. The van der Waals surface area contributed by atoms with Crippen LogP contribution in [0.25, 0.3) is 0 Å². The summed E-state index contributed by atoms with van der Waals surface area (Å²) < 4.78 is 12.8. The fourth-order valence-electron chi connectivity index (χ4n) is 1.11. The Balaban J connectivity index is 2.89. The van der Waals surface area contributed by atoms with Crippen LogP contribution in [0.5, 0.6) is 0 Å².